The first-order valence-corrected chi connectivity index (χ1v) is 23.3. The van der Waals surface area contributed by atoms with Gasteiger partial charge in [-0.05, 0) is 56.7 Å². The number of fused-ring (bicyclic) bond motifs is 3. The van der Waals surface area contributed by atoms with Crippen LogP contribution in [0.2, 0.25) is 0 Å². The van der Waals surface area contributed by atoms with Crippen molar-refractivity contribution in [3.63, 3.8) is 0 Å². The van der Waals surface area contributed by atoms with Crippen molar-refractivity contribution in [1.82, 2.24) is 45.2 Å². The van der Waals surface area contributed by atoms with Crippen molar-refractivity contribution in [3.8, 4) is 26.7 Å². The number of aliphatic imine (C=N–C) groups is 1. The molecule has 0 aliphatic carbocycles. The van der Waals surface area contributed by atoms with Crippen molar-refractivity contribution >= 4 is 52.1 Å². The molecule has 8 rings (SSSR count). The standard InChI is InChI=1S/C48H52N10O6S2/c1-24-27(4)66-47-39(24)40(53-34(19-38(60)64-9)43-56-55-28(5)58(43)47)31-14-12-30(13-15-31)35-20-49-21-36(52-35)44(61)54-42(48(6,7)8)46(63)57-22-33(59)18-37(57)45(62)51-25(2)29-10-16-32(17-11-29)41-26(3)50-23-65-41/h10-17,20-21,23,25,33-34,37,42,59H,18-19,22H2,1-9H3,(H,51,62)(H,54,61)/t25-,33+,34-,37-,42?/m0/s1. The highest BCUT2D eigenvalue weighted by Gasteiger charge is 2.45. The predicted molar refractivity (Wildman–Crippen MR) is 252 cm³/mol. The quantitative estimate of drug-likeness (QED) is 0.118. The van der Waals surface area contributed by atoms with Crippen molar-refractivity contribution in [3.05, 3.63) is 117 Å². The monoisotopic (exact) mass is 928 g/mol. The summed E-state index contributed by atoms with van der Waals surface area (Å²) >= 11 is 3.18. The number of thiazole rings is 1. The normalized spacial score (nSPS) is 17.8. The van der Waals surface area contributed by atoms with Gasteiger partial charge in [-0.15, -0.1) is 32.9 Å². The van der Waals surface area contributed by atoms with E-state index in [0.29, 0.717) is 28.6 Å². The van der Waals surface area contributed by atoms with Crippen LogP contribution in [-0.2, 0) is 19.1 Å². The zero-order valence-corrected chi connectivity index (χ0v) is 39.9. The van der Waals surface area contributed by atoms with Crippen LogP contribution >= 0.6 is 22.7 Å². The first kappa shape index (κ1) is 46.0. The molecule has 18 heteroatoms. The number of aliphatic hydroxyl groups is 1. The summed E-state index contributed by atoms with van der Waals surface area (Å²) in [6.07, 6.45) is 2.01. The van der Waals surface area contributed by atoms with Crippen LogP contribution in [0.1, 0.15) is 108 Å². The number of aliphatic hydroxyl groups excluding tert-OH is 1. The summed E-state index contributed by atoms with van der Waals surface area (Å²) in [5.74, 6) is -0.690. The number of methoxy groups -OCH3 is 1. The summed E-state index contributed by atoms with van der Waals surface area (Å²) in [7, 11) is 1.35. The van der Waals surface area contributed by atoms with Crippen molar-refractivity contribution < 1.29 is 29.0 Å². The molecule has 0 spiro atoms. The predicted octanol–water partition coefficient (Wildman–Crippen LogP) is 6.58. The first-order chi connectivity index (χ1) is 31.4. The molecule has 16 nitrogen and oxygen atoms in total. The number of benzene rings is 2. The van der Waals surface area contributed by atoms with Gasteiger partial charge in [0.2, 0.25) is 11.8 Å². The highest BCUT2D eigenvalue weighted by atomic mass is 32.1. The molecule has 2 aromatic carbocycles. The molecule has 6 aromatic rings. The van der Waals surface area contributed by atoms with E-state index in [1.807, 2.05) is 100 Å². The summed E-state index contributed by atoms with van der Waals surface area (Å²) in [5, 5.41) is 26.4. The minimum atomic E-state index is -1.08. The van der Waals surface area contributed by atoms with E-state index in [-0.39, 0.29) is 31.1 Å². The Kier molecular flexibility index (Phi) is 12.8. The highest BCUT2D eigenvalue weighted by molar-refractivity contribution is 7.15. The van der Waals surface area contributed by atoms with Gasteiger partial charge >= 0.3 is 5.97 Å². The minimum Gasteiger partial charge on any atom is -0.469 e. The van der Waals surface area contributed by atoms with Crippen molar-refractivity contribution in [2.24, 2.45) is 10.4 Å². The van der Waals surface area contributed by atoms with Crippen LogP contribution in [0.3, 0.4) is 0 Å². The van der Waals surface area contributed by atoms with Gasteiger partial charge in [-0.2, -0.15) is 0 Å². The Morgan fingerprint density at radius 1 is 0.939 bits per heavy atom. The molecule has 6 heterocycles. The Bertz CT molecular complexity index is 2860. The van der Waals surface area contributed by atoms with Gasteiger partial charge in [-0.1, -0.05) is 69.3 Å². The van der Waals surface area contributed by atoms with Crippen LogP contribution in [0.15, 0.2) is 71.4 Å². The lowest BCUT2D eigenvalue weighted by Crippen LogP contribution is -2.58. The summed E-state index contributed by atoms with van der Waals surface area (Å²) < 4.78 is 7.00. The summed E-state index contributed by atoms with van der Waals surface area (Å²) in [5.41, 5.74) is 8.46. The number of amides is 3. The molecule has 1 unspecified atom stereocenters. The second kappa shape index (κ2) is 18.4. The SMILES string of the molecule is COC(=O)C[C@@H]1N=C(c2ccc(-c3cncc(C(=O)NC(C(=O)N4C[C@H](O)C[C@H]4C(=O)N[C@@H](C)c4ccc(-c5scnc5C)cc4)C(C)(C)C)n3)cc2)c2c(sc(C)c2C)-n2c(C)nnc21. The van der Waals surface area contributed by atoms with Crippen LogP contribution in [0.5, 0.6) is 0 Å². The number of aromatic nitrogens is 6. The molecule has 0 bridgehead atoms. The van der Waals surface area contributed by atoms with Gasteiger partial charge in [0.1, 0.15) is 34.6 Å². The molecule has 0 radical (unpaired) electrons. The Labute approximate surface area is 390 Å². The number of likely N-dealkylation sites (tertiary alicyclic amines) is 1. The summed E-state index contributed by atoms with van der Waals surface area (Å²) in [6.45, 7) is 15.2. The number of carbonyl (C=O) groups is 4. The maximum atomic E-state index is 14.4. The van der Waals surface area contributed by atoms with Gasteiger partial charge in [0, 0.05) is 34.5 Å². The van der Waals surface area contributed by atoms with E-state index in [2.05, 4.69) is 49.6 Å². The number of carbonyl (C=O) groups excluding carboxylic acids is 4. The van der Waals surface area contributed by atoms with Crippen LogP contribution in [0.4, 0.5) is 0 Å². The highest BCUT2D eigenvalue weighted by Crippen LogP contribution is 2.40. The van der Waals surface area contributed by atoms with Gasteiger partial charge < -0.3 is 25.4 Å². The van der Waals surface area contributed by atoms with Gasteiger partial charge in [0.15, 0.2) is 5.82 Å². The average Bonchev–Trinajstić information content (AvgIpc) is 4.07. The molecular formula is C48H52N10O6S2. The lowest BCUT2D eigenvalue weighted by atomic mass is 9.85. The number of aryl methyl sites for hydroxylation is 3. The van der Waals surface area contributed by atoms with Crippen LogP contribution < -0.4 is 10.6 Å². The van der Waals surface area contributed by atoms with Crippen molar-refractivity contribution in [1.29, 1.82) is 0 Å². The van der Waals surface area contributed by atoms with E-state index < -0.39 is 53.3 Å². The zero-order chi connectivity index (χ0) is 47.2. The number of ether oxygens (including phenoxy) is 1. The van der Waals surface area contributed by atoms with Gasteiger partial charge in [-0.25, -0.2) is 9.97 Å². The molecule has 1 fully saturated rings. The number of nitrogens with zero attached hydrogens (tertiary/aromatic N) is 8. The lowest BCUT2D eigenvalue weighted by Gasteiger charge is -2.35. The second-order valence-corrected chi connectivity index (χ2v) is 19.9. The molecule has 3 amide bonds. The molecule has 66 heavy (non-hydrogen) atoms. The van der Waals surface area contributed by atoms with Crippen LogP contribution in [-0.4, -0.2) is 101 Å². The molecule has 2 aliphatic rings. The molecule has 4 aromatic heterocycles. The maximum Gasteiger partial charge on any atom is 0.308 e. The lowest BCUT2D eigenvalue weighted by molar-refractivity contribution is -0.142. The maximum absolute atomic E-state index is 14.4. The van der Waals surface area contributed by atoms with Gasteiger partial charge in [-0.3, -0.25) is 33.7 Å². The fourth-order valence-corrected chi connectivity index (χ4v) is 10.4. The number of hydrogen-bond donors (Lipinski definition) is 3. The minimum absolute atomic E-state index is 0.00840. The fraction of sp³-hybridized carbons (Fsp3) is 0.375. The fourth-order valence-electron chi connectivity index (χ4n) is 8.40. The zero-order valence-electron chi connectivity index (χ0n) is 38.2. The third-order valence-electron chi connectivity index (χ3n) is 12.2. The van der Waals surface area contributed by atoms with E-state index in [1.54, 1.807) is 28.9 Å². The van der Waals surface area contributed by atoms with Crippen molar-refractivity contribution in [2.75, 3.05) is 13.7 Å². The molecule has 2 aliphatic heterocycles. The Morgan fingerprint density at radius 2 is 1.64 bits per heavy atom. The van der Waals surface area contributed by atoms with E-state index in [4.69, 9.17) is 9.73 Å². The Morgan fingerprint density at radius 3 is 2.30 bits per heavy atom. The van der Waals surface area contributed by atoms with E-state index in [1.165, 1.54) is 18.2 Å². The molecular weight excluding hydrogens is 877 g/mol. The molecule has 342 valence electrons. The average molecular weight is 929 g/mol. The topological polar surface area (TPSA) is 207 Å². The van der Waals surface area contributed by atoms with E-state index >= 15 is 0 Å². The van der Waals surface area contributed by atoms with E-state index in [0.717, 1.165) is 48.3 Å². The Balaban J connectivity index is 0.994. The smallest absolute Gasteiger partial charge is 0.308 e. The third kappa shape index (κ3) is 9.04. The molecule has 1 saturated heterocycles. The number of hydrogen-bond acceptors (Lipinski definition) is 14. The van der Waals surface area contributed by atoms with Crippen LogP contribution in [0.25, 0.3) is 26.7 Å². The second-order valence-electron chi connectivity index (χ2n) is 17.8. The number of β-amino-alcohol motifs (C(OH)–C–C–N with tert-alkyl or cyclic N) is 1. The van der Waals surface area contributed by atoms with Gasteiger partial charge in [0.05, 0.1) is 65.6 Å². The number of nitrogens with one attached hydrogen (secondary N) is 2. The summed E-state index contributed by atoms with van der Waals surface area (Å²) in [6, 6.07) is 12.4. The molecule has 3 N–H and O–H groups in total. The van der Waals surface area contributed by atoms with Crippen molar-refractivity contribution in [2.45, 2.75) is 98.5 Å². The number of esters is 1. The van der Waals surface area contributed by atoms with Gasteiger partial charge in [0.25, 0.3) is 5.91 Å². The van der Waals surface area contributed by atoms with E-state index in [9.17, 15) is 24.3 Å². The number of rotatable bonds is 11. The van der Waals surface area contributed by atoms with Crippen LogP contribution in [0, 0.1) is 33.1 Å². The molecule has 0 saturated carbocycles. The summed E-state index contributed by atoms with van der Waals surface area (Å²) in [4.78, 5) is 76.9. The molecule has 5 atom stereocenters. The largest absolute Gasteiger partial charge is 0.469 e. The Hall–Kier alpha value is -6.50. The third-order valence-corrected chi connectivity index (χ3v) is 14.3. The first-order valence-electron chi connectivity index (χ1n) is 21.6. The number of thiophene rings is 1.